The lowest BCUT2D eigenvalue weighted by Gasteiger charge is -2.27. The van der Waals surface area contributed by atoms with Crippen molar-refractivity contribution in [2.24, 2.45) is 16.6 Å². The van der Waals surface area contributed by atoms with E-state index in [0.29, 0.717) is 53.6 Å². The summed E-state index contributed by atoms with van der Waals surface area (Å²) in [5, 5.41) is 3.45. The first-order valence-electron chi connectivity index (χ1n) is 12.8. The number of nitrogen functional groups attached to an aromatic ring is 1. The highest BCUT2D eigenvalue weighted by Crippen LogP contribution is 2.37. The van der Waals surface area contributed by atoms with E-state index in [4.69, 9.17) is 21.2 Å². The second kappa shape index (κ2) is 10.3. The number of amides is 1. The van der Waals surface area contributed by atoms with Crippen LogP contribution in [0.1, 0.15) is 49.0 Å². The Labute approximate surface area is 222 Å². The number of hydrogen-bond donors (Lipinski definition) is 3. The van der Waals surface area contributed by atoms with Crippen molar-refractivity contribution in [3.05, 3.63) is 82.0 Å². The van der Waals surface area contributed by atoms with Crippen LogP contribution < -0.4 is 21.5 Å². The van der Waals surface area contributed by atoms with Crippen LogP contribution in [0.4, 0.5) is 10.2 Å². The summed E-state index contributed by atoms with van der Waals surface area (Å²) in [6, 6.07) is 6.44. The fourth-order valence-electron chi connectivity index (χ4n) is 4.75. The standard InChI is InChI=1S/C29H33FN6O2/c1-16-22-13-20(30)8-9-21(22)26-18(5-4-10-33-26)11-23(25(31)29(37)36(2)3)27(34-14-17-6-7-17)19-12-24(38-16)28(32)35-15-19/h4-5,8-9,12-13,15-17,33H,6-7,10-11,14,31H2,1-3H3,(H2,32,35)/b25-23-,34-27?/t16-/m1/s1. The van der Waals surface area contributed by atoms with Gasteiger partial charge in [-0.05, 0) is 55.5 Å². The van der Waals surface area contributed by atoms with Gasteiger partial charge in [0.25, 0.3) is 5.91 Å². The van der Waals surface area contributed by atoms with Gasteiger partial charge >= 0.3 is 0 Å². The molecule has 1 atom stereocenters. The van der Waals surface area contributed by atoms with Gasteiger partial charge in [-0.2, -0.15) is 0 Å². The minimum Gasteiger partial charge on any atom is -0.482 e. The van der Waals surface area contributed by atoms with Gasteiger partial charge in [0.2, 0.25) is 0 Å². The van der Waals surface area contributed by atoms with Crippen molar-refractivity contribution in [3.63, 3.8) is 0 Å². The zero-order valence-electron chi connectivity index (χ0n) is 21.9. The number of pyridine rings is 1. The Morgan fingerprint density at radius 1 is 1.29 bits per heavy atom. The van der Waals surface area contributed by atoms with Gasteiger partial charge in [-0.1, -0.05) is 12.2 Å². The Morgan fingerprint density at radius 3 is 2.82 bits per heavy atom. The Hall–Kier alpha value is -4.14. The molecule has 0 radical (unpaired) electrons. The fourth-order valence-corrected chi connectivity index (χ4v) is 4.75. The maximum absolute atomic E-state index is 14.5. The highest BCUT2D eigenvalue weighted by Gasteiger charge is 2.28. The van der Waals surface area contributed by atoms with Crippen LogP contribution in [0, 0.1) is 11.7 Å². The molecule has 1 saturated carbocycles. The maximum Gasteiger partial charge on any atom is 0.269 e. The third kappa shape index (κ3) is 5.14. The minimum absolute atomic E-state index is 0.111. The van der Waals surface area contributed by atoms with Gasteiger partial charge in [-0.25, -0.2) is 9.37 Å². The van der Waals surface area contributed by atoms with Crippen molar-refractivity contribution in [1.82, 2.24) is 15.2 Å². The maximum atomic E-state index is 14.5. The monoisotopic (exact) mass is 516 g/mol. The van der Waals surface area contributed by atoms with Crippen molar-refractivity contribution in [2.45, 2.75) is 32.3 Å². The number of hydrogen-bond acceptors (Lipinski definition) is 7. The van der Waals surface area contributed by atoms with Crippen molar-refractivity contribution in [3.8, 4) is 5.75 Å². The molecule has 5 rings (SSSR count). The molecule has 9 heteroatoms. The molecule has 198 valence electrons. The topological polar surface area (TPSA) is 119 Å². The Bertz CT molecular complexity index is 1400. The van der Waals surface area contributed by atoms with Gasteiger partial charge in [0.1, 0.15) is 17.6 Å². The first-order valence-corrected chi connectivity index (χ1v) is 12.8. The second-order valence-corrected chi connectivity index (χ2v) is 10.2. The van der Waals surface area contributed by atoms with E-state index in [1.54, 1.807) is 32.4 Å². The van der Waals surface area contributed by atoms with Crippen LogP contribution in [-0.2, 0) is 4.79 Å². The molecule has 38 heavy (non-hydrogen) atoms. The summed E-state index contributed by atoms with van der Waals surface area (Å²) in [5.74, 6) is 0.403. The van der Waals surface area contributed by atoms with Gasteiger partial charge < -0.3 is 26.4 Å². The lowest BCUT2D eigenvalue weighted by atomic mass is 9.89. The molecule has 2 bridgehead atoms. The van der Waals surface area contributed by atoms with Gasteiger partial charge in [0.15, 0.2) is 11.6 Å². The predicted octanol–water partition coefficient (Wildman–Crippen LogP) is 3.72. The number of nitrogens with one attached hydrogen (secondary N) is 1. The number of anilines is 1. The smallest absolute Gasteiger partial charge is 0.269 e. The lowest BCUT2D eigenvalue weighted by molar-refractivity contribution is -0.124. The molecule has 1 aliphatic carbocycles. The first-order chi connectivity index (χ1) is 18.2. The molecule has 2 aliphatic heterocycles. The minimum atomic E-state index is -0.525. The normalized spacial score (nSPS) is 21.4. The van der Waals surface area contributed by atoms with Crippen molar-refractivity contribution in [1.29, 1.82) is 0 Å². The predicted molar refractivity (Wildman–Crippen MR) is 147 cm³/mol. The summed E-state index contributed by atoms with van der Waals surface area (Å²) in [5.41, 5.74) is 18.0. The number of benzene rings is 1. The third-order valence-electron chi connectivity index (χ3n) is 7.04. The van der Waals surface area contributed by atoms with Crippen LogP contribution >= 0.6 is 0 Å². The number of fused-ring (bicyclic) bond motifs is 4. The van der Waals surface area contributed by atoms with Gasteiger partial charge in [0, 0.05) is 67.8 Å². The molecule has 2 aromatic rings. The molecule has 1 aromatic carbocycles. The SMILES string of the molecule is C[C@H]1Oc2cc(cnc2N)C(=NCC2CC2)/C(=C(\N)C(=O)N(C)C)CC2=C(NCC=C2)c2ccc(F)cc21. The molecule has 3 heterocycles. The van der Waals surface area contributed by atoms with E-state index in [-0.39, 0.29) is 23.2 Å². The van der Waals surface area contributed by atoms with Gasteiger partial charge in [0.05, 0.1) is 5.71 Å². The second-order valence-electron chi connectivity index (χ2n) is 10.2. The largest absolute Gasteiger partial charge is 0.482 e. The van der Waals surface area contributed by atoms with Crippen molar-refractivity contribution < 1.29 is 13.9 Å². The van der Waals surface area contributed by atoms with E-state index in [0.717, 1.165) is 29.7 Å². The van der Waals surface area contributed by atoms with Crippen LogP contribution in [0.3, 0.4) is 0 Å². The number of aliphatic imine (C=N–C) groups is 1. The van der Waals surface area contributed by atoms with E-state index >= 15 is 0 Å². The van der Waals surface area contributed by atoms with E-state index < -0.39 is 6.10 Å². The van der Waals surface area contributed by atoms with E-state index in [1.165, 1.54) is 17.0 Å². The molecule has 0 saturated heterocycles. The summed E-state index contributed by atoms with van der Waals surface area (Å²) in [7, 11) is 3.34. The first kappa shape index (κ1) is 25.5. The molecule has 5 N–H and O–H groups in total. The molecule has 3 aliphatic rings. The number of allylic oxidation sites excluding steroid dienone is 3. The Morgan fingerprint density at radius 2 is 2.08 bits per heavy atom. The third-order valence-corrected chi connectivity index (χ3v) is 7.04. The number of halogens is 1. The summed E-state index contributed by atoms with van der Waals surface area (Å²) in [4.78, 5) is 24.0. The van der Waals surface area contributed by atoms with Crippen molar-refractivity contribution >= 4 is 23.1 Å². The summed E-state index contributed by atoms with van der Waals surface area (Å²) in [6.07, 6.45) is 7.73. The molecule has 1 aromatic heterocycles. The van der Waals surface area contributed by atoms with Crippen LogP contribution in [0.5, 0.6) is 5.75 Å². The van der Waals surface area contributed by atoms with E-state index in [9.17, 15) is 9.18 Å². The van der Waals surface area contributed by atoms with Crippen LogP contribution in [0.2, 0.25) is 0 Å². The molecule has 0 spiro atoms. The quantitative estimate of drug-likeness (QED) is 0.535. The molecular formula is C29H33FN6O2. The average molecular weight is 517 g/mol. The fraction of sp³-hybridized carbons (Fsp3) is 0.345. The van der Waals surface area contributed by atoms with Crippen LogP contribution in [0.25, 0.3) is 5.70 Å². The number of nitrogens with two attached hydrogens (primary N) is 2. The summed E-state index contributed by atoms with van der Waals surface area (Å²) >= 11 is 0. The van der Waals surface area contributed by atoms with Gasteiger partial charge in [-0.3, -0.25) is 9.79 Å². The number of dihydropyridines is 1. The van der Waals surface area contributed by atoms with Gasteiger partial charge in [-0.15, -0.1) is 0 Å². The summed E-state index contributed by atoms with van der Waals surface area (Å²) < 4.78 is 20.7. The Kier molecular flexibility index (Phi) is 6.93. The number of nitrogens with zero attached hydrogens (tertiary/aromatic N) is 3. The number of likely N-dealkylation sites (N-methyl/N-ethyl adjacent to an activating group) is 1. The molecule has 8 nitrogen and oxygen atoms in total. The van der Waals surface area contributed by atoms with Crippen LogP contribution in [-0.4, -0.2) is 48.7 Å². The highest BCUT2D eigenvalue weighted by atomic mass is 19.1. The Balaban J connectivity index is 1.80. The molecular weight excluding hydrogens is 483 g/mol. The number of ether oxygens (including phenoxy) is 1. The number of aromatic nitrogens is 1. The zero-order chi connectivity index (χ0) is 27.0. The zero-order valence-corrected chi connectivity index (χ0v) is 21.9. The number of carbonyl (C=O) groups is 1. The highest BCUT2D eigenvalue weighted by molar-refractivity contribution is 6.17. The van der Waals surface area contributed by atoms with Crippen LogP contribution in [0.15, 0.2) is 64.5 Å². The number of rotatable bonds is 3. The lowest BCUT2D eigenvalue weighted by Crippen LogP contribution is -2.31. The molecule has 1 amide bonds. The van der Waals surface area contributed by atoms with E-state index in [1.807, 2.05) is 19.1 Å². The van der Waals surface area contributed by atoms with E-state index in [2.05, 4.69) is 10.3 Å². The molecule has 0 unspecified atom stereocenters. The average Bonchev–Trinajstić information content (AvgIpc) is 3.73. The van der Waals surface area contributed by atoms with Crippen molar-refractivity contribution in [2.75, 3.05) is 32.9 Å². The number of carbonyl (C=O) groups excluding carboxylic acids is 1. The molecule has 1 fully saturated rings. The summed E-state index contributed by atoms with van der Waals surface area (Å²) in [6.45, 7) is 3.09.